The Hall–Kier alpha value is -1.99. The topological polar surface area (TPSA) is 76.3 Å². The van der Waals surface area contributed by atoms with Gasteiger partial charge in [-0.2, -0.15) is 0 Å². The molecule has 1 aliphatic rings. The molecule has 0 unspecified atom stereocenters. The van der Waals surface area contributed by atoms with E-state index in [1.807, 2.05) is 32.4 Å². The van der Waals surface area contributed by atoms with E-state index in [1.165, 1.54) is 0 Å². The van der Waals surface area contributed by atoms with Gasteiger partial charge in [-0.1, -0.05) is 5.16 Å². The van der Waals surface area contributed by atoms with Crippen LogP contribution in [0.4, 0.5) is 5.95 Å². The van der Waals surface area contributed by atoms with Crippen LogP contribution in [0, 0.1) is 6.92 Å². The van der Waals surface area contributed by atoms with Gasteiger partial charge in [0.05, 0.1) is 18.3 Å². The van der Waals surface area contributed by atoms with Gasteiger partial charge in [-0.25, -0.2) is 9.97 Å². The van der Waals surface area contributed by atoms with Crippen LogP contribution in [0.15, 0.2) is 23.0 Å². The highest BCUT2D eigenvalue weighted by Crippen LogP contribution is 2.13. The van der Waals surface area contributed by atoms with Crippen LogP contribution in [0.3, 0.4) is 0 Å². The molecule has 23 heavy (non-hydrogen) atoms. The zero-order valence-electron chi connectivity index (χ0n) is 13.7. The van der Waals surface area contributed by atoms with Gasteiger partial charge >= 0.3 is 0 Å². The Kier molecular flexibility index (Phi) is 5.19. The van der Waals surface area contributed by atoms with E-state index in [-0.39, 0.29) is 6.10 Å². The second kappa shape index (κ2) is 7.52. The van der Waals surface area contributed by atoms with Crippen LogP contribution in [0.1, 0.15) is 29.9 Å². The van der Waals surface area contributed by atoms with Gasteiger partial charge in [0.25, 0.3) is 0 Å². The van der Waals surface area contributed by atoms with Crippen molar-refractivity contribution in [1.82, 2.24) is 20.0 Å². The summed E-state index contributed by atoms with van der Waals surface area (Å²) < 4.78 is 10.8. The number of nitrogens with zero attached hydrogens (tertiary/aromatic N) is 4. The fourth-order valence-corrected chi connectivity index (χ4v) is 2.66. The summed E-state index contributed by atoms with van der Waals surface area (Å²) in [6.07, 6.45) is 6.25. The van der Waals surface area contributed by atoms with Gasteiger partial charge in [-0.05, 0) is 26.8 Å². The van der Waals surface area contributed by atoms with Crippen molar-refractivity contribution in [3.05, 3.63) is 35.5 Å². The van der Waals surface area contributed by atoms with Crippen LogP contribution >= 0.6 is 0 Å². The molecule has 1 N–H and O–H groups in total. The average molecular weight is 317 g/mol. The molecule has 0 aromatic carbocycles. The van der Waals surface area contributed by atoms with E-state index in [0.717, 1.165) is 49.6 Å². The molecule has 1 fully saturated rings. The van der Waals surface area contributed by atoms with Crippen molar-refractivity contribution in [3.63, 3.8) is 0 Å². The first-order valence-corrected chi connectivity index (χ1v) is 7.96. The Labute approximate surface area is 136 Å². The number of hydrogen-bond donors (Lipinski definition) is 1. The lowest BCUT2D eigenvalue weighted by molar-refractivity contribution is 0.120. The minimum Gasteiger partial charge on any atom is -0.376 e. The third-order valence-electron chi connectivity index (χ3n) is 3.77. The van der Waals surface area contributed by atoms with Crippen molar-refractivity contribution in [2.24, 2.45) is 0 Å². The second-order valence-electron chi connectivity index (χ2n) is 6.04. The Morgan fingerprint density at radius 2 is 2.13 bits per heavy atom. The molecule has 2 aromatic rings. The van der Waals surface area contributed by atoms with Crippen molar-refractivity contribution < 1.29 is 9.26 Å². The van der Waals surface area contributed by atoms with Crippen LogP contribution in [-0.2, 0) is 17.8 Å². The summed E-state index contributed by atoms with van der Waals surface area (Å²) in [4.78, 5) is 10.9. The van der Waals surface area contributed by atoms with Gasteiger partial charge in [0.1, 0.15) is 0 Å². The highest BCUT2D eigenvalue weighted by Gasteiger charge is 2.15. The van der Waals surface area contributed by atoms with Crippen LogP contribution in [0.25, 0.3) is 0 Å². The molecular weight excluding hydrogens is 294 g/mol. The Morgan fingerprint density at radius 3 is 2.78 bits per heavy atom. The standard InChI is InChI=1S/C16H23N5O2/c1-12-6-15(23-20-12)11-21(2)10-13-7-17-16(18-8-13)19-9-14-4-3-5-22-14/h6-8,14H,3-5,9-11H2,1-2H3,(H,17,18,19)/t14-/m1/s1. The van der Waals surface area contributed by atoms with E-state index in [2.05, 4.69) is 25.3 Å². The fraction of sp³-hybridized carbons (Fsp3) is 0.562. The van der Waals surface area contributed by atoms with Crippen molar-refractivity contribution in [2.75, 3.05) is 25.5 Å². The zero-order chi connectivity index (χ0) is 16.1. The first-order valence-electron chi connectivity index (χ1n) is 7.96. The SMILES string of the molecule is Cc1cc(CN(C)Cc2cnc(NC[C@H]3CCCO3)nc2)on1. The molecule has 0 spiro atoms. The molecule has 7 heteroatoms. The summed E-state index contributed by atoms with van der Waals surface area (Å²) in [5.41, 5.74) is 1.96. The Morgan fingerprint density at radius 1 is 1.30 bits per heavy atom. The third-order valence-corrected chi connectivity index (χ3v) is 3.77. The highest BCUT2D eigenvalue weighted by molar-refractivity contribution is 5.25. The molecule has 2 aromatic heterocycles. The van der Waals surface area contributed by atoms with Crippen molar-refractivity contribution in [2.45, 2.75) is 39.0 Å². The number of hydrogen-bond acceptors (Lipinski definition) is 7. The van der Waals surface area contributed by atoms with E-state index in [1.54, 1.807) is 0 Å². The molecule has 0 aliphatic carbocycles. The van der Waals surface area contributed by atoms with Crippen molar-refractivity contribution >= 4 is 5.95 Å². The van der Waals surface area contributed by atoms with E-state index in [9.17, 15) is 0 Å². The quantitative estimate of drug-likeness (QED) is 0.837. The molecule has 3 rings (SSSR count). The fourth-order valence-electron chi connectivity index (χ4n) is 2.66. The summed E-state index contributed by atoms with van der Waals surface area (Å²) in [6, 6.07) is 1.95. The van der Waals surface area contributed by atoms with Gasteiger partial charge < -0.3 is 14.6 Å². The lowest BCUT2D eigenvalue weighted by Crippen LogP contribution is -2.20. The number of aromatic nitrogens is 3. The van der Waals surface area contributed by atoms with Crippen LogP contribution in [0.2, 0.25) is 0 Å². The van der Waals surface area contributed by atoms with Crippen LogP contribution in [0.5, 0.6) is 0 Å². The van der Waals surface area contributed by atoms with Gasteiger partial charge in [-0.15, -0.1) is 0 Å². The van der Waals surface area contributed by atoms with Crippen LogP contribution < -0.4 is 5.32 Å². The molecule has 124 valence electrons. The summed E-state index contributed by atoms with van der Waals surface area (Å²) in [7, 11) is 2.03. The number of anilines is 1. The lowest BCUT2D eigenvalue weighted by Gasteiger charge is -2.15. The maximum absolute atomic E-state index is 5.57. The zero-order valence-corrected chi connectivity index (χ0v) is 13.7. The Balaban J connectivity index is 1.46. The molecule has 7 nitrogen and oxygen atoms in total. The molecule has 3 heterocycles. The molecule has 0 bridgehead atoms. The lowest BCUT2D eigenvalue weighted by atomic mass is 10.2. The van der Waals surface area contributed by atoms with Crippen LogP contribution in [-0.4, -0.2) is 46.3 Å². The number of aryl methyl sites for hydroxylation is 1. The van der Waals surface area contributed by atoms with E-state index >= 15 is 0 Å². The molecule has 0 radical (unpaired) electrons. The largest absolute Gasteiger partial charge is 0.376 e. The van der Waals surface area contributed by atoms with Gasteiger partial charge in [0, 0.05) is 43.7 Å². The Bertz CT molecular complexity index is 607. The maximum Gasteiger partial charge on any atom is 0.222 e. The van der Waals surface area contributed by atoms with Crippen molar-refractivity contribution in [1.29, 1.82) is 0 Å². The highest BCUT2D eigenvalue weighted by atomic mass is 16.5. The molecule has 1 aliphatic heterocycles. The monoisotopic (exact) mass is 317 g/mol. The summed E-state index contributed by atoms with van der Waals surface area (Å²) >= 11 is 0. The summed E-state index contributed by atoms with van der Waals surface area (Å²) in [5.74, 6) is 1.51. The van der Waals surface area contributed by atoms with Gasteiger partial charge in [0.15, 0.2) is 5.76 Å². The first kappa shape index (κ1) is 15.9. The third kappa shape index (κ3) is 4.74. The first-order chi connectivity index (χ1) is 11.2. The normalized spacial score (nSPS) is 17.8. The minimum atomic E-state index is 0.287. The van der Waals surface area contributed by atoms with Gasteiger partial charge in [-0.3, -0.25) is 4.90 Å². The van der Waals surface area contributed by atoms with E-state index < -0.39 is 0 Å². The predicted octanol–water partition coefficient (Wildman–Crippen LogP) is 2.00. The molecular formula is C16H23N5O2. The maximum atomic E-state index is 5.57. The van der Waals surface area contributed by atoms with E-state index in [0.29, 0.717) is 12.5 Å². The molecule has 0 amide bonds. The molecule has 1 atom stereocenters. The summed E-state index contributed by atoms with van der Waals surface area (Å²) in [5, 5.41) is 7.12. The smallest absolute Gasteiger partial charge is 0.222 e. The average Bonchev–Trinajstić information content (AvgIpc) is 3.18. The predicted molar refractivity (Wildman–Crippen MR) is 85.9 cm³/mol. The molecule has 0 saturated carbocycles. The number of nitrogens with one attached hydrogen (secondary N) is 1. The summed E-state index contributed by atoms with van der Waals surface area (Å²) in [6.45, 7) is 5.02. The minimum absolute atomic E-state index is 0.287. The number of ether oxygens (including phenoxy) is 1. The van der Waals surface area contributed by atoms with Crippen molar-refractivity contribution in [3.8, 4) is 0 Å². The van der Waals surface area contributed by atoms with Gasteiger partial charge in [0.2, 0.25) is 5.95 Å². The van der Waals surface area contributed by atoms with E-state index in [4.69, 9.17) is 9.26 Å². The molecule has 1 saturated heterocycles. The second-order valence-corrected chi connectivity index (χ2v) is 6.04. The number of rotatable bonds is 7.